The zero-order chi connectivity index (χ0) is 13.1. The van der Waals surface area contributed by atoms with Crippen molar-refractivity contribution in [3.8, 4) is 5.75 Å². The molecule has 6 heteroatoms. The first-order chi connectivity index (χ1) is 8.60. The maximum Gasteiger partial charge on any atom is 0.321 e. The Kier molecular flexibility index (Phi) is 4.08. The average Bonchev–Trinajstić information content (AvgIpc) is 2.78. The van der Waals surface area contributed by atoms with Gasteiger partial charge in [-0.05, 0) is 40.5 Å². The third-order valence-electron chi connectivity index (χ3n) is 2.87. The molecule has 1 saturated heterocycles. The van der Waals surface area contributed by atoms with E-state index in [-0.39, 0.29) is 6.03 Å². The number of benzene rings is 1. The highest BCUT2D eigenvalue weighted by molar-refractivity contribution is 9.10. The first-order valence-corrected chi connectivity index (χ1v) is 6.47. The number of carbonyl (C=O) groups excluding carboxylic acids is 1. The number of halogens is 1. The number of amides is 2. The Hall–Kier alpha value is -1.27. The summed E-state index contributed by atoms with van der Waals surface area (Å²) in [6.45, 7) is 0.973. The van der Waals surface area contributed by atoms with Crippen LogP contribution in [0, 0.1) is 0 Å². The number of rotatable bonds is 2. The van der Waals surface area contributed by atoms with Crippen LogP contribution in [-0.2, 0) is 0 Å². The van der Waals surface area contributed by atoms with E-state index in [2.05, 4.69) is 21.2 Å². The van der Waals surface area contributed by atoms with Gasteiger partial charge in [0, 0.05) is 17.6 Å². The lowest BCUT2D eigenvalue weighted by Crippen LogP contribution is -2.33. The van der Waals surface area contributed by atoms with Crippen molar-refractivity contribution in [1.29, 1.82) is 0 Å². The Morgan fingerprint density at radius 1 is 1.61 bits per heavy atom. The van der Waals surface area contributed by atoms with Gasteiger partial charge in [0.25, 0.3) is 0 Å². The lowest BCUT2D eigenvalue weighted by molar-refractivity contribution is 0.176. The van der Waals surface area contributed by atoms with E-state index in [4.69, 9.17) is 4.74 Å². The van der Waals surface area contributed by atoms with Gasteiger partial charge < -0.3 is 20.1 Å². The zero-order valence-electron chi connectivity index (χ0n) is 10.0. The summed E-state index contributed by atoms with van der Waals surface area (Å²) in [5.41, 5.74) is 0.683. The molecule has 0 unspecified atom stereocenters. The standard InChI is InChI=1S/C12H15BrN2O3/c1-18-9-2-3-11(10(13)6-9)14-12(17)15-5-4-8(16)7-15/h2-3,6,8,16H,4-5,7H2,1H3,(H,14,17)/t8-/m0/s1. The summed E-state index contributed by atoms with van der Waals surface area (Å²) in [7, 11) is 1.59. The van der Waals surface area contributed by atoms with Crippen molar-refractivity contribution in [2.75, 3.05) is 25.5 Å². The highest BCUT2D eigenvalue weighted by Crippen LogP contribution is 2.27. The minimum Gasteiger partial charge on any atom is -0.497 e. The second-order valence-corrected chi connectivity index (χ2v) is 5.02. The molecular weight excluding hydrogens is 300 g/mol. The number of β-amino-alcohol motifs (C(OH)–C–C–N with tert-alkyl or cyclic N) is 1. The molecule has 2 amide bonds. The highest BCUT2D eigenvalue weighted by Gasteiger charge is 2.24. The lowest BCUT2D eigenvalue weighted by atomic mass is 10.3. The molecule has 2 N–H and O–H groups in total. The van der Waals surface area contributed by atoms with Crippen LogP contribution in [0.15, 0.2) is 22.7 Å². The van der Waals surface area contributed by atoms with E-state index >= 15 is 0 Å². The fraction of sp³-hybridized carbons (Fsp3) is 0.417. The number of ether oxygens (including phenoxy) is 1. The predicted molar refractivity (Wildman–Crippen MR) is 71.9 cm³/mol. The van der Waals surface area contributed by atoms with E-state index in [1.807, 2.05) is 0 Å². The second kappa shape index (κ2) is 5.58. The molecule has 1 fully saturated rings. The summed E-state index contributed by atoms with van der Waals surface area (Å²) in [6, 6.07) is 5.14. The van der Waals surface area contributed by atoms with Crippen LogP contribution in [0.2, 0.25) is 0 Å². The first-order valence-electron chi connectivity index (χ1n) is 5.67. The molecule has 1 aliphatic rings. The van der Waals surface area contributed by atoms with Crippen molar-refractivity contribution >= 4 is 27.6 Å². The molecular formula is C12H15BrN2O3. The summed E-state index contributed by atoms with van der Waals surface area (Å²) in [6.07, 6.45) is 0.229. The molecule has 5 nitrogen and oxygen atoms in total. The number of nitrogens with one attached hydrogen (secondary N) is 1. The van der Waals surface area contributed by atoms with Crippen molar-refractivity contribution in [2.45, 2.75) is 12.5 Å². The molecule has 0 radical (unpaired) electrons. The van der Waals surface area contributed by atoms with E-state index in [0.717, 1.165) is 10.2 Å². The number of aliphatic hydroxyl groups is 1. The molecule has 98 valence electrons. The van der Waals surface area contributed by atoms with Crippen LogP contribution in [0.4, 0.5) is 10.5 Å². The van der Waals surface area contributed by atoms with E-state index in [9.17, 15) is 9.90 Å². The van der Waals surface area contributed by atoms with Gasteiger partial charge in [0.2, 0.25) is 0 Å². The van der Waals surface area contributed by atoms with Gasteiger partial charge in [-0.2, -0.15) is 0 Å². The molecule has 1 aliphatic heterocycles. The fourth-order valence-electron chi connectivity index (χ4n) is 1.84. The van der Waals surface area contributed by atoms with E-state index in [1.54, 1.807) is 30.2 Å². The SMILES string of the molecule is COc1ccc(NC(=O)N2CC[C@H](O)C2)c(Br)c1. The predicted octanol–water partition coefficient (Wildman–Crippen LogP) is 2.06. The maximum atomic E-state index is 11.9. The van der Waals surface area contributed by atoms with E-state index < -0.39 is 6.10 Å². The van der Waals surface area contributed by atoms with E-state index in [0.29, 0.717) is 25.2 Å². The minimum absolute atomic E-state index is 0.197. The number of aliphatic hydroxyl groups excluding tert-OH is 1. The Morgan fingerprint density at radius 3 is 2.94 bits per heavy atom. The van der Waals surface area contributed by atoms with Gasteiger partial charge in [-0.25, -0.2) is 4.79 Å². The van der Waals surface area contributed by atoms with Gasteiger partial charge in [-0.1, -0.05) is 0 Å². The van der Waals surface area contributed by atoms with E-state index in [1.165, 1.54) is 0 Å². The maximum absolute atomic E-state index is 11.9. The number of anilines is 1. The van der Waals surface area contributed by atoms with Crippen LogP contribution >= 0.6 is 15.9 Å². The summed E-state index contributed by atoms with van der Waals surface area (Å²) in [4.78, 5) is 13.5. The number of hydrogen-bond donors (Lipinski definition) is 2. The van der Waals surface area contributed by atoms with Gasteiger partial charge in [-0.15, -0.1) is 0 Å². The van der Waals surface area contributed by atoms with Crippen LogP contribution < -0.4 is 10.1 Å². The number of nitrogens with zero attached hydrogens (tertiary/aromatic N) is 1. The topological polar surface area (TPSA) is 61.8 Å². The quantitative estimate of drug-likeness (QED) is 0.878. The Bertz CT molecular complexity index is 453. The molecule has 1 aromatic rings. The average molecular weight is 315 g/mol. The molecule has 0 aromatic heterocycles. The third-order valence-corrected chi connectivity index (χ3v) is 3.52. The number of methoxy groups -OCH3 is 1. The summed E-state index contributed by atoms with van der Waals surface area (Å²) >= 11 is 3.37. The van der Waals surface area contributed by atoms with Crippen molar-refractivity contribution in [1.82, 2.24) is 4.90 Å². The minimum atomic E-state index is -0.407. The van der Waals surface area contributed by atoms with Crippen molar-refractivity contribution < 1.29 is 14.6 Å². The van der Waals surface area contributed by atoms with Gasteiger partial charge in [0.05, 0.1) is 18.9 Å². The summed E-state index contributed by atoms with van der Waals surface area (Å²) in [5.74, 6) is 0.719. The van der Waals surface area contributed by atoms with Gasteiger partial charge >= 0.3 is 6.03 Å². The normalized spacial score (nSPS) is 18.8. The Morgan fingerprint density at radius 2 is 2.39 bits per heavy atom. The molecule has 1 heterocycles. The number of hydrogen-bond acceptors (Lipinski definition) is 3. The number of urea groups is 1. The molecule has 0 spiro atoms. The molecule has 1 aromatic carbocycles. The van der Waals surface area contributed by atoms with Crippen molar-refractivity contribution in [2.24, 2.45) is 0 Å². The molecule has 18 heavy (non-hydrogen) atoms. The van der Waals surface area contributed by atoms with Crippen LogP contribution in [0.1, 0.15) is 6.42 Å². The lowest BCUT2D eigenvalue weighted by Gasteiger charge is -2.17. The summed E-state index contributed by atoms with van der Waals surface area (Å²) < 4.78 is 5.84. The van der Waals surface area contributed by atoms with Crippen LogP contribution in [0.25, 0.3) is 0 Å². The molecule has 1 atom stereocenters. The van der Waals surface area contributed by atoms with Gasteiger partial charge in [-0.3, -0.25) is 0 Å². The molecule has 0 saturated carbocycles. The molecule has 0 aliphatic carbocycles. The van der Waals surface area contributed by atoms with Crippen LogP contribution in [0.5, 0.6) is 5.75 Å². The smallest absolute Gasteiger partial charge is 0.321 e. The zero-order valence-corrected chi connectivity index (χ0v) is 11.6. The monoisotopic (exact) mass is 314 g/mol. The first kappa shape index (κ1) is 13.2. The Balaban J connectivity index is 2.03. The third kappa shape index (κ3) is 2.94. The highest BCUT2D eigenvalue weighted by atomic mass is 79.9. The van der Waals surface area contributed by atoms with Gasteiger partial charge in [0.1, 0.15) is 5.75 Å². The number of likely N-dealkylation sites (tertiary alicyclic amines) is 1. The Labute approximate surface area is 114 Å². The fourth-order valence-corrected chi connectivity index (χ4v) is 2.30. The molecule has 0 bridgehead atoms. The van der Waals surface area contributed by atoms with Crippen molar-refractivity contribution in [3.05, 3.63) is 22.7 Å². The van der Waals surface area contributed by atoms with Crippen LogP contribution in [-0.4, -0.2) is 42.3 Å². The molecule has 2 rings (SSSR count). The number of carbonyl (C=O) groups is 1. The van der Waals surface area contributed by atoms with Gasteiger partial charge in [0.15, 0.2) is 0 Å². The largest absolute Gasteiger partial charge is 0.497 e. The summed E-state index contributed by atoms with van der Waals surface area (Å²) in [5, 5.41) is 12.2. The second-order valence-electron chi connectivity index (χ2n) is 4.16. The van der Waals surface area contributed by atoms with Crippen molar-refractivity contribution in [3.63, 3.8) is 0 Å². The van der Waals surface area contributed by atoms with Crippen LogP contribution in [0.3, 0.4) is 0 Å².